The fraction of sp³-hybridized carbons (Fsp3) is 0.182. The Bertz CT molecular complexity index is 393. The van der Waals surface area contributed by atoms with Crippen LogP contribution in [0, 0.1) is 6.92 Å². The summed E-state index contributed by atoms with van der Waals surface area (Å²) < 4.78 is 1.94. The summed E-state index contributed by atoms with van der Waals surface area (Å²) in [6.07, 6.45) is 7.66. The molecule has 0 aromatic carbocycles. The normalized spacial score (nSPS) is 10.1. The first kappa shape index (κ1) is 8.81. The molecule has 2 aromatic rings. The monoisotopic (exact) mass is 187 g/mol. The molecule has 0 saturated carbocycles. The molecule has 1 N–H and O–H groups in total. The van der Waals surface area contributed by atoms with Crippen molar-refractivity contribution in [2.24, 2.45) is 0 Å². The SMILES string of the molecule is Cc1ccncc1CNn1cccc1. The van der Waals surface area contributed by atoms with Crippen LogP contribution in [0.3, 0.4) is 0 Å². The van der Waals surface area contributed by atoms with Gasteiger partial charge in [0, 0.05) is 24.8 Å². The zero-order valence-corrected chi connectivity index (χ0v) is 8.14. The van der Waals surface area contributed by atoms with Crippen LogP contribution in [0.2, 0.25) is 0 Å². The maximum Gasteiger partial charge on any atom is 0.0581 e. The van der Waals surface area contributed by atoms with Crippen LogP contribution >= 0.6 is 0 Å². The lowest BCUT2D eigenvalue weighted by atomic mass is 10.2. The Labute approximate surface area is 83.4 Å². The van der Waals surface area contributed by atoms with Gasteiger partial charge in [-0.05, 0) is 36.2 Å². The van der Waals surface area contributed by atoms with Gasteiger partial charge in [-0.15, -0.1) is 0 Å². The Morgan fingerprint density at radius 2 is 2.14 bits per heavy atom. The summed E-state index contributed by atoms with van der Waals surface area (Å²) in [5.74, 6) is 0. The molecular formula is C11H13N3. The average molecular weight is 187 g/mol. The minimum Gasteiger partial charge on any atom is -0.322 e. The molecule has 0 saturated heterocycles. The number of rotatable bonds is 3. The van der Waals surface area contributed by atoms with E-state index < -0.39 is 0 Å². The molecule has 14 heavy (non-hydrogen) atoms. The van der Waals surface area contributed by atoms with E-state index >= 15 is 0 Å². The van der Waals surface area contributed by atoms with Gasteiger partial charge in [0.05, 0.1) is 6.54 Å². The van der Waals surface area contributed by atoms with E-state index in [1.165, 1.54) is 11.1 Å². The second-order valence-electron chi connectivity index (χ2n) is 3.23. The Morgan fingerprint density at radius 1 is 1.36 bits per heavy atom. The van der Waals surface area contributed by atoms with E-state index in [2.05, 4.69) is 17.3 Å². The van der Waals surface area contributed by atoms with E-state index in [1.807, 2.05) is 47.7 Å². The molecule has 0 fully saturated rings. The van der Waals surface area contributed by atoms with Crippen LogP contribution in [0.5, 0.6) is 0 Å². The van der Waals surface area contributed by atoms with Crippen LogP contribution in [-0.2, 0) is 6.54 Å². The maximum absolute atomic E-state index is 4.10. The van der Waals surface area contributed by atoms with E-state index in [0.29, 0.717) is 0 Å². The van der Waals surface area contributed by atoms with Gasteiger partial charge in [0.1, 0.15) is 0 Å². The van der Waals surface area contributed by atoms with Crippen molar-refractivity contribution >= 4 is 0 Å². The molecule has 0 aliphatic rings. The molecule has 3 heteroatoms. The first-order valence-corrected chi connectivity index (χ1v) is 4.62. The van der Waals surface area contributed by atoms with Crippen LogP contribution in [0.4, 0.5) is 0 Å². The van der Waals surface area contributed by atoms with Gasteiger partial charge in [-0.25, -0.2) is 0 Å². The molecule has 3 nitrogen and oxygen atoms in total. The highest BCUT2D eigenvalue weighted by molar-refractivity contribution is 5.22. The lowest BCUT2D eigenvalue weighted by molar-refractivity contribution is 0.840. The van der Waals surface area contributed by atoms with Gasteiger partial charge in [-0.3, -0.25) is 9.66 Å². The summed E-state index contributed by atoms with van der Waals surface area (Å²) in [6, 6.07) is 6.00. The number of hydrogen-bond acceptors (Lipinski definition) is 2. The topological polar surface area (TPSA) is 29.9 Å². The summed E-state index contributed by atoms with van der Waals surface area (Å²) >= 11 is 0. The standard InChI is InChI=1S/C11H13N3/c1-10-4-5-12-8-11(10)9-13-14-6-2-3-7-14/h2-8,13H,9H2,1H3. The third-order valence-electron chi connectivity index (χ3n) is 2.20. The second kappa shape index (κ2) is 3.96. The van der Waals surface area contributed by atoms with Crippen LogP contribution in [0.1, 0.15) is 11.1 Å². The molecular weight excluding hydrogens is 174 g/mol. The first-order valence-electron chi connectivity index (χ1n) is 4.62. The van der Waals surface area contributed by atoms with Gasteiger partial charge in [0.2, 0.25) is 0 Å². The predicted molar refractivity (Wildman–Crippen MR) is 56.5 cm³/mol. The van der Waals surface area contributed by atoms with Crippen LogP contribution in [0.15, 0.2) is 43.0 Å². The summed E-state index contributed by atoms with van der Waals surface area (Å²) in [7, 11) is 0. The van der Waals surface area contributed by atoms with Crippen molar-refractivity contribution in [1.82, 2.24) is 9.66 Å². The zero-order chi connectivity index (χ0) is 9.80. The quantitative estimate of drug-likeness (QED) is 0.795. The zero-order valence-electron chi connectivity index (χ0n) is 8.14. The number of aryl methyl sites for hydroxylation is 1. The number of hydrogen-bond donors (Lipinski definition) is 1. The van der Waals surface area contributed by atoms with Crippen molar-refractivity contribution in [3.8, 4) is 0 Å². The molecule has 0 bridgehead atoms. The van der Waals surface area contributed by atoms with E-state index in [0.717, 1.165) is 6.54 Å². The number of nitrogens with zero attached hydrogens (tertiary/aromatic N) is 2. The minimum atomic E-state index is 0.800. The van der Waals surface area contributed by atoms with E-state index in [4.69, 9.17) is 0 Å². The van der Waals surface area contributed by atoms with E-state index in [9.17, 15) is 0 Å². The molecule has 2 heterocycles. The number of aromatic nitrogens is 2. The highest BCUT2D eigenvalue weighted by atomic mass is 15.4. The molecule has 0 aliphatic heterocycles. The number of pyridine rings is 1. The van der Waals surface area contributed by atoms with Gasteiger partial charge < -0.3 is 5.43 Å². The Hall–Kier alpha value is -1.77. The Balaban J connectivity index is 2.02. The molecule has 2 rings (SSSR count). The van der Waals surface area contributed by atoms with Crippen molar-refractivity contribution in [3.05, 3.63) is 54.1 Å². The largest absolute Gasteiger partial charge is 0.322 e. The Morgan fingerprint density at radius 3 is 2.86 bits per heavy atom. The molecule has 0 spiro atoms. The minimum absolute atomic E-state index is 0.800. The summed E-state index contributed by atoms with van der Waals surface area (Å²) in [5, 5.41) is 0. The molecule has 0 unspecified atom stereocenters. The fourth-order valence-corrected chi connectivity index (χ4v) is 1.30. The van der Waals surface area contributed by atoms with Crippen LogP contribution in [0.25, 0.3) is 0 Å². The molecule has 0 aliphatic carbocycles. The third kappa shape index (κ3) is 1.93. The van der Waals surface area contributed by atoms with Gasteiger partial charge in [0.15, 0.2) is 0 Å². The first-order chi connectivity index (χ1) is 6.86. The van der Waals surface area contributed by atoms with Gasteiger partial charge >= 0.3 is 0 Å². The number of nitrogens with one attached hydrogen (secondary N) is 1. The lowest BCUT2D eigenvalue weighted by Crippen LogP contribution is -2.12. The fourth-order valence-electron chi connectivity index (χ4n) is 1.30. The average Bonchev–Trinajstić information content (AvgIpc) is 2.69. The lowest BCUT2D eigenvalue weighted by Gasteiger charge is -2.08. The van der Waals surface area contributed by atoms with Gasteiger partial charge in [0.25, 0.3) is 0 Å². The highest BCUT2D eigenvalue weighted by Gasteiger charge is 1.96. The van der Waals surface area contributed by atoms with Crippen molar-refractivity contribution in [2.45, 2.75) is 13.5 Å². The molecule has 0 amide bonds. The molecule has 0 atom stereocenters. The van der Waals surface area contributed by atoms with Crippen molar-refractivity contribution in [2.75, 3.05) is 5.43 Å². The molecule has 0 radical (unpaired) electrons. The summed E-state index contributed by atoms with van der Waals surface area (Å²) in [4.78, 5) is 4.10. The van der Waals surface area contributed by atoms with E-state index in [-0.39, 0.29) is 0 Å². The molecule has 72 valence electrons. The maximum atomic E-state index is 4.10. The van der Waals surface area contributed by atoms with Crippen molar-refractivity contribution in [3.63, 3.8) is 0 Å². The van der Waals surface area contributed by atoms with Crippen LogP contribution in [-0.4, -0.2) is 9.66 Å². The predicted octanol–water partition coefficient (Wildman–Crippen LogP) is 1.94. The van der Waals surface area contributed by atoms with Gasteiger partial charge in [-0.1, -0.05) is 0 Å². The smallest absolute Gasteiger partial charge is 0.0581 e. The summed E-state index contributed by atoms with van der Waals surface area (Å²) in [6.45, 7) is 2.89. The van der Waals surface area contributed by atoms with Crippen molar-refractivity contribution in [1.29, 1.82) is 0 Å². The van der Waals surface area contributed by atoms with E-state index in [1.54, 1.807) is 0 Å². The third-order valence-corrected chi connectivity index (χ3v) is 2.20. The summed E-state index contributed by atoms with van der Waals surface area (Å²) in [5.41, 5.74) is 5.75. The Kier molecular flexibility index (Phi) is 2.49. The molecule has 2 aromatic heterocycles. The van der Waals surface area contributed by atoms with Crippen LogP contribution < -0.4 is 5.43 Å². The van der Waals surface area contributed by atoms with Gasteiger partial charge in [-0.2, -0.15) is 0 Å². The highest BCUT2D eigenvalue weighted by Crippen LogP contribution is 2.04. The second-order valence-corrected chi connectivity index (χ2v) is 3.23. The van der Waals surface area contributed by atoms with Crippen molar-refractivity contribution < 1.29 is 0 Å².